The van der Waals surface area contributed by atoms with Crippen LogP contribution in [0.4, 0.5) is 24.7 Å². The molecule has 0 aliphatic heterocycles. The average molecular weight is 249 g/mol. The fourth-order valence-electron chi connectivity index (χ4n) is 1.17. The van der Waals surface area contributed by atoms with Crippen molar-refractivity contribution < 1.29 is 17.9 Å². The van der Waals surface area contributed by atoms with Crippen LogP contribution in [0, 0.1) is 6.92 Å². The highest BCUT2D eigenvalue weighted by Gasteiger charge is 2.27. The van der Waals surface area contributed by atoms with Crippen LogP contribution >= 0.6 is 0 Å². The standard InChI is InChI=1S/C10H14F3N3O/c1-7-4-8(14)9(16-5-7)15-2-3-17-6-10(11,12)13/h4-5H,2-3,6,14H2,1H3,(H,15,16). The Labute approximate surface area is 97.0 Å². The maximum atomic E-state index is 11.7. The van der Waals surface area contributed by atoms with Gasteiger partial charge in [-0.05, 0) is 18.6 Å². The Bertz CT molecular complexity index is 368. The maximum Gasteiger partial charge on any atom is 0.411 e. The maximum absolute atomic E-state index is 11.7. The molecule has 1 rings (SSSR count). The number of hydrogen-bond acceptors (Lipinski definition) is 4. The normalized spacial score (nSPS) is 11.5. The number of hydrogen-bond donors (Lipinski definition) is 2. The Morgan fingerprint density at radius 1 is 1.47 bits per heavy atom. The molecule has 0 saturated heterocycles. The molecule has 0 aliphatic rings. The third-order valence-electron chi connectivity index (χ3n) is 1.86. The summed E-state index contributed by atoms with van der Waals surface area (Å²) in [6.45, 7) is 0.760. The summed E-state index contributed by atoms with van der Waals surface area (Å²) >= 11 is 0. The molecular formula is C10H14F3N3O. The SMILES string of the molecule is Cc1cnc(NCCOCC(F)(F)F)c(N)c1. The van der Waals surface area contributed by atoms with E-state index in [2.05, 4.69) is 15.0 Å². The van der Waals surface area contributed by atoms with Gasteiger partial charge in [-0.2, -0.15) is 13.2 Å². The Hall–Kier alpha value is -1.50. The number of nitrogens with two attached hydrogens (primary N) is 1. The number of anilines is 2. The third-order valence-corrected chi connectivity index (χ3v) is 1.86. The molecule has 0 aromatic carbocycles. The highest BCUT2D eigenvalue weighted by Crippen LogP contribution is 2.16. The minimum atomic E-state index is -4.29. The highest BCUT2D eigenvalue weighted by molar-refractivity contribution is 5.61. The Morgan fingerprint density at radius 2 is 2.18 bits per heavy atom. The first-order valence-corrected chi connectivity index (χ1v) is 4.99. The largest absolute Gasteiger partial charge is 0.411 e. The Morgan fingerprint density at radius 3 is 2.76 bits per heavy atom. The van der Waals surface area contributed by atoms with Gasteiger partial charge in [-0.3, -0.25) is 0 Å². The van der Waals surface area contributed by atoms with Gasteiger partial charge >= 0.3 is 6.18 Å². The van der Waals surface area contributed by atoms with Crippen LogP contribution in [-0.2, 0) is 4.74 Å². The van der Waals surface area contributed by atoms with Crippen LogP contribution in [0.5, 0.6) is 0 Å². The summed E-state index contributed by atoms with van der Waals surface area (Å²) < 4.78 is 39.6. The van der Waals surface area contributed by atoms with Gasteiger partial charge in [-0.1, -0.05) is 0 Å². The van der Waals surface area contributed by atoms with Gasteiger partial charge in [0.1, 0.15) is 12.4 Å². The summed E-state index contributed by atoms with van der Waals surface area (Å²) in [6, 6.07) is 1.73. The minimum Gasteiger partial charge on any atom is -0.396 e. The van der Waals surface area contributed by atoms with E-state index in [1.54, 1.807) is 12.3 Å². The number of ether oxygens (including phenoxy) is 1. The molecule has 3 N–H and O–H groups in total. The summed E-state index contributed by atoms with van der Waals surface area (Å²) in [7, 11) is 0. The zero-order valence-electron chi connectivity index (χ0n) is 9.34. The predicted molar refractivity (Wildman–Crippen MR) is 58.8 cm³/mol. The van der Waals surface area contributed by atoms with Crippen LogP contribution < -0.4 is 11.1 Å². The number of nitrogens with zero attached hydrogens (tertiary/aromatic N) is 1. The molecule has 1 heterocycles. The van der Waals surface area contributed by atoms with Crippen molar-refractivity contribution in [2.45, 2.75) is 13.1 Å². The second-order valence-corrected chi connectivity index (χ2v) is 3.55. The summed E-state index contributed by atoms with van der Waals surface area (Å²) in [4.78, 5) is 4.01. The van der Waals surface area contributed by atoms with Crippen molar-refractivity contribution in [3.05, 3.63) is 17.8 Å². The lowest BCUT2D eigenvalue weighted by Gasteiger charge is -2.10. The van der Waals surface area contributed by atoms with E-state index < -0.39 is 12.8 Å². The summed E-state index contributed by atoms with van der Waals surface area (Å²) in [5.41, 5.74) is 7.04. The molecule has 0 amide bonds. The van der Waals surface area contributed by atoms with Crippen molar-refractivity contribution in [1.29, 1.82) is 0 Å². The van der Waals surface area contributed by atoms with Crippen LogP contribution in [0.2, 0.25) is 0 Å². The van der Waals surface area contributed by atoms with Crippen molar-refractivity contribution in [2.24, 2.45) is 0 Å². The van der Waals surface area contributed by atoms with Crippen LogP contribution in [0.25, 0.3) is 0 Å². The van der Waals surface area contributed by atoms with Crippen molar-refractivity contribution in [3.8, 4) is 0 Å². The van der Waals surface area contributed by atoms with Crippen LogP contribution in [0.1, 0.15) is 5.56 Å². The second-order valence-electron chi connectivity index (χ2n) is 3.55. The van der Waals surface area contributed by atoms with Gasteiger partial charge in [-0.25, -0.2) is 4.98 Å². The molecule has 96 valence electrons. The zero-order valence-corrected chi connectivity index (χ0v) is 9.34. The van der Waals surface area contributed by atoms with Gasteiger partial charge < -0.3 is 15.8 Å². The molecule has 0 radical (unpaired) electrons. The van der Waals surface area contributed by atoms with Gasteiger partial charge in [0.05, 0.1) is 12.3 Å². The summed E-state index contributed by atoms with van der Waals surface area (Å²) in [6.07, 6.45) is -2.67. The van der Waals surface area contributed by atoms with E-state index in [1.165, 1.54) is 0 Å². The molecule has 0 unspecified atom stereocenters. The van der Waals surface area contributed by atoms with Crippen LogP contribution in [-0.4, -0.2) is 30.9 Å². The van der Waals surface area contributed by atoms with Gasteiger partial charge in [0.15, 0.2) is 0 Å². The smallest absolute Gasteiger partial charge is 0.396 e. The number of halogens is 3. The number of rotatable bonds is 5. The van der Waals surface area contributed by atoms with E-state index in [4.69, 9.17) is 5.73 Å². The predicted octanol–water partition coefficient (Wildman–Crippen LogP) is 1.96. The molecule has 0 fully saturated rings. The molecule has 7 heteroatoms. The van der Waals surface area contributed by atoms with Crippen LogP contribution in [0.3, 0.4) is 0 Å². The van der Waals surface area contributed by atoms with E-state index >= 15 is 0 Å². The first-order valence-electron chi connectivity index (χ1n) is 4.99. The third kappa shape index (κ3) is 5.39. The van der Waals surface area contributed by atoms with E-state index in [1.807, 2.05) is 6.92 Å². The van der Waals surface area contributed by atoms with E-state index in [9.17, 15) is 13.2 Å². The number of nitrogen functional groups attached to an aromatic ring is 1. The van der Waals surface area contributed by atoms with Crippen LogP contribution in [0.15, 0.2) is 12.3 Å². The number of nitrogens with one attached hydrogen (secondary N) is 1. The number of aryl methyl sites for hydroxylation is 1. The van der Waals surface area contributed by atoms with E-state index in [-0.39, 0.29) is 13.2 Å². The summed E-state index contributed by atoms with van der Waals surface area (Å²) in [5, 5.41) is 2.80. The molecule has 0 atom stereocenters. The number of aromatic nitrogens is 1. The second kappa shape index (κ2) is 5.72. The lowest BCUT2D eigenvalue weighted by Crippen LogP contribution is -2.20. The molecule has 0 spiro atoms. The van der Waals surface area contributed by atoms with E-state index in [0.717, 1.165) is 5.56 Å². The first-order chi connectivity index (χ1) is 7.88. The number of alkyl halides is 3. The Balaban J connectivity index is 2.27. The molecule has 1 aromatic rings. The lowest BCUT2D eigenvalue weighted by atomic mass is 10.3. The molecule has 0 saturated carbocycles. The van der Waals surface area contributed by atoms with Gasteiger partial charge in [0.25, 0.3) is 0 Å². The fraction of sp³-hybridized carbons (Fsp3) is 0.500. The fourth-order valence-corrected chi connectivity index (χ4v) is 1.17. The molecule has 0 bridgehead atoms. The topological polar surface area (TPSA) is 60.2 Å². The lowest BCUT2D eigenvalue weighted by molar-refractivity contribution is -0.172. The molecular weight excluding hydrogens is 235 g/mol. The van der Waals surface area contributed by atoms with E-state index in [0.29, 0.717) is 11.5 Å². The monoisotopic (exact) mass is 249 g/mol. The first kappa shape index (κ1) is 13.6. The quantitative estimate of drug-likeness (QED) is 0.783. The average Bonchev–Trinajstić information content (AvgIpc) is 2.18. The van der Waals surface area contributed by atoms with Crippen molar-refractivity contribution in [3.63, 3.8) is 0 Å². The van der Waals surface area contributed by atoms with Crippen molar-refractivity contribution in [2.75, 3.05) is 30.8 Å². The molecule has 0 aliphatic carbocycles. The van der Waals surface area contributed by atoms with Gasteiger partial charge in [-0.15, -0.1) is 0 Å². The Kier molecular flexibility index (Phi) is 4.56. The van der Waals surface area contributed by atoms with Gasteiger partial charge in [0.2, 0.25) is 0 Å². The highest BCUT2D eigenvalue weighted by atomic mass is 19.4. The zero-order chi connectivity index (χ0) is 12.9. The minimum absolute atomic E-state index is 0.0610. The van der Waals surface area contributed by atoms with Gasteiger partial charge in [0, 0.05) is 12.7 Å². The summed E-state index contributed by atoms with van der Waals surface area (Å²) in [5.74, 6) is 0.450. The molecule has 17 heavy (non-hydrogen) atoms. The molecule has 4 nitrogen and oxygen atoms in total. The number of pyridine rings is 1. The molecule has 1 aromatic heterocycles. The van der Waals surface area contributed by atoms with Crippen molar-refractivity contribution >= 4 is 11.5 Å². The van der Waals surface area contributed by atoms with Crippen molar-refractivity contribution in [1.82, 2.24) is 4.98 Å².